The quantitative estimate of drug-likeness (QED) is 0.533. The first-order chi connectivity index (χ1) is 10.2. The van der Waals surface area contributed by atoms with Crippen LogP contribution in [0, 0.1) is 15.5 Å². The zero-order valence-electron chi connectivity index (χ0n) is 13.8. The SMILES string of the molecule is CC(C)n1nc(I)cc1[C@H]1[C@@H]2C/C(=N\[S+]([O-])C(C)(C)C)C[C@@H]21. The van der Waals surface area contributed by atoms with Crippen LogP contribution in [0.1, 0.15) is 65.1 Å². The molecule has 122 valence electrons. The maximum Gasteiger partial charge on any atom is 0.144 e. The molecule has 1 aromatic heterocycles. The molecule has 0 saturated heterocycles. The predicted molar refractivity (Wildman–Crippen MR) is 99.6 cm³/mol. The molecular formula is C16H24IN3OS. The fraction of sp³-hybridized carbons (Fsp3) is 0.750. The first kappa shape index (κ1) is 16.8. The molecule has 3 rings (SSSR count). The van der Waals surface area contributed by atoms with Crippen LogP contribution in [0.5, 0.6) is 0 Å². The second-order valence-electron chi connectivity index (χ2n) is 7.71. The van der Waals surface area contributed by atoms with Crippen LogP contribution < -0.4 is 0 Å². The zero-order valence-corrected chi connectivity index (χ0v) is 16.8. The Kier molecular flexibility index (Phi) is 4.40. The highest BCUT2D eigenvalue weighted by molar-refractivity contribution is 14.1. The minimum atomic E-state index is -1.12. The normalized spacial score (nSPS) is 30.9. The number of hydrogen-bond donors (Lipinski definition) is 0. The standard InChI is InChI=1S/C16H24IN3OS/c1-9(2)20-13(8-14(17)18-20)15-11-6-10(7-12(11)15)19-22(21)16(3,4)5/h8-9,11-12,15H,6-7H2,1-5H3/b19-10-/t11-,12+,15+,22?/m0/s1. The molecule has 2 aliphatic rings. The lowest BCUT2D eigenvalue weighted by Gasteiger charge is -2.19. The van der Waals surface area contributed by atoms with Gasteiger partial charge in [-0.05, 0) is 88.0 Å². The van der Waals surface area contributed by atoms with Gasteiger partial charge in [-0.1, -0.05) is 4.40 Å². The van der Waals surface area contributed by atoms with Crippen molar-refractivity contribution >= 4 is 39.7 Å². The molecule has 4 atom stereocenters. The topological polar surface area (TPSA) is 53.2 Å². The van der Waals surface area contributed by atoms with E-state index in [1.54, 1.807) is 0 Å². The molecular weight excluding hydrogens is 409 g/mol. The Balaban J connectivity index is 1.70. The predicted octanol–water partition coefficient (Wildman–Crippen LogP) is 4.10. The van der Waals surface area contributed by atoms with Gasteiger partial charge in [0.15, 0.2) is 0 Å². The molecule has 0 spiro atoms. The van der Waals surface area contributed by atoms with Gasteiger partial charge < -0.3 is 4.55 Å². The van der Waals surface area contributed by atoms with Crippen LogP contribution in [0.15, 0.2) is 10.5 Å². The van der Waals surface area contributed by atoms with Gasteiger partial charge >= 0.3 is 0 Å². The van der Waals surface area contributed by atoms with Gasteiger partial charge in [0.05, 0.1) is 5.71 Å². The molecule has 0 aliphatic heterocycles. The summed E-state index contributed by atoms with van der Waals surface area (Å²) in [5.74, 6) is 1.99. The first-order valence-electron chi connectivity index (χ1n) is 7.92. The maximum atomic E-state index is 12.1. The molecule has 0 radical (unpaired) electrons. The molecule has 2 aliphatic carbocycles. The summed E-state index contributed by atoms with van der Waals surface area (Å²) in [6.45, 7) is 10.3. The van der Waals surface area contributed by atoms with Gasteiger partial charge in [-0.2, -0.15) is 5.10 Å². The summed E-state index contributed by atoms with van der Waals surface area (Å²) in [6.07, 6.45) is 2.02. The summed E-state index contributed by atoms with van der Waals surface area (Å²) in [5.41, 5.74) is 2.54. The lowest BCUT2D eigenvalue weighted by atomic mass is 10.1. The third-order valence-electron chi connectivity index (χ3n) is 4.58. The Bertz CT molecular complexity index is 591. The summed E-state index contributed by atoms with van der Waals surface area (Å²) in [4.78, 5) is 0. The second kappa shape index (κ2) is 5.77. The summed E-state index contributed by atoms with van der Waals surface area (Å²) in [6, 6.07) is 2.63. The van der Waals surface area contributed by atoms with Crippen molar-refractivity contribution < 1.29 is 4.55 Å². The maximum absolute atomic E-state index is 12.1. The molecule has 1 unspecified atom stereocenters. The smallest absolute Gasteiger partial charge is 0.144 e. The highest BCUT2D eigenvalue weighted by Gasteiger charge is 2.57. The van der Waals surface area contributed by atoms with Gasteiger partial charge in [0.1, 0.15) is 19.8 Å². The average molecular weight is 433 g/mol. The molecule has 0 bridgehead atoms. The van der Waals surface area contributed by atoms with Crippen molar-refractivity contribution in [1.29, 1.82) is 0 Å². The van der Waals surface area contributed by atoms with E-state index in [1.165, 1.54) is 5.69 Å². The van der Waals surface area contributed by atoms with Crippen molar-refractivity contribution in [2.24, 2.45) is 16.2 Å². The molecule has 6 heteroatoms. The van der Waals surface area contributed by atoms with Gasteiger partial charge in [-0.25, -0.2) is 0 Å². The number of aromatic nitrogens is 2. The van der Waals surface area contributed by atoms with Crippen LogP contribution in [0.4, 0.5) is 0 Å². The second-order valence-corrected chi connectivity index (χ2v) is 10.7. The van der Waals surface area contributed by atoms with E-state index in [0.717, 1.165) is 22.3 Å². The van der Waals surface area contributed by atoms with E-state index in [4.69, 9.17) is 0 Å². The largest absolute Gasteiger partial charge is 0.591 e. The minimum Gasteiger partial charge on any atom is -0.591 e. The van der Waals surface area contributed by atoms with E-state index >= 15 is 0 Å². The van der Waals surface area contributed by atoms with Crippen molar-refractivity contribution in [1.82, 2.24) is 9.78 Å². The van der Waals surface area contributed by atoms with E-state index in [2.05, 4.69) is 56.7 Å². The summed E-state index contributed by atoms with van der Waals surface area (Å²) in [7, 11) is 0. The van der Waals surface area contributed by atoms with E-state index in [9.17, 15) is 4.55 Å². The minimum absolute atomic E-state index is 0.258. The third-order valence-corrected chi connectivity index (χ3v) is 6.57. The summed E-state index contributed by atoms with van der Waals surface area (Å²) < 4.78 is 19.6. The van der Waals surface area contributed by atoms with Crippen LogP contribution >= 0.6 is 22.6 Å². The van der Waals surface area contributed by atoms with Crippen LogP contribution in [0.25, 0.3) is 0 Å². The average Bonchev–Trinajstić information content (AvgIpc) is 2.74. The van der Waals surface area contributed by atoms with E-state index in [-0.39, 0.29) is 4.75 Å². The number of hydrogen-bond acceptors (Lipinski definition) is 3. The van der Waals surface area contributed by atoms with Crippen LogP contribution in [-0.2, 0) is 11.4 Å². The van der Waals surface area contributed by atoms with Crippen molar-refractivity contribution in [3.63, 3.8) is 0 Å². The number of fused-ring (bicyclic) bond motifs is 1. The van der Waals surface area contributed by atoms with Gasteiger partial charge in [0.2, 0.25) is 0 Å². The molecule has 0 aromatic carbocycles. The Morgan fingerprint density at radius 3 is 2.45 bits per heavy atom. The summed E-state index contributed by atoms with van der Waals surface area (Å²) >= 11 is 1.18. The molecule has 0 N–H and O–H groups in total. The monoisotopic (exact) mass is 433 g/mol. The zero-order chi connectivity index (χ0) is 16.2. The molecule has 22 heavy (non-hydrogen) atoms. The fourth-order valence-electron chi connectivity index (χ4n) is 3.44. The van der Waals surface area contributed by atoms with Gasteiger partial charge in [-0.15, -0.1) is 0 Å². The van der Waals surface area contributed by atoms with Crippen LogP contribution in [-0.4, -0.2) is 24.8 Å². The molecule has 4 nitrogen and oxygen atoms in total. The first-order valence-corrected chi connectivity index (χ1v) is 10.1. The van der Waals surface area contributed by atoms with E-state index < -0.39 is 11.4 Å². The fourth-order valence-corrected chi connectivity index (χ4v) is 4.65. The highest BCUT2D eigenvalue weighted by atomic mass is 127. The summed E-state index contributed by atoms with van der Waals surface area (Å²) in [5, 5.41) is 4.62. The Hall–Kier alpha value is -0.0800. The number of halogens is 1. The number of rotatable bonds is 3. The lowest BCUT2D eigenvalue weighted by molar-refractivity contribution is 0.501. The van der Waals surface area contributed by atoms with Crippen LogP contribution in [0.3, 0.4) is 0 Å². The Morgan fingerprint density at radius 1 is 1.36 bits per heavy atom. The van der Waals surface area contributed by atoms with Gasteiger partial charge in [0.25, 0.3) is 0 Å². The van der Waals surface area contributed by atoms with E-state index in [1.807, 2.05) is 20.8 Å². The van der Waals surface area contributed by atoms with Gasteiger partial charge in [-0.3, -0.25) is 4.68 Å². The Labute approximate surface area is 149 Å². The van der Waals surface area contributed by atoms with Crippen molar-refractivity contribution in [3.05, 3.63) is 15.5 Å². The molecule has 1 aromatic rings. The molecule has 1 heterocycles. The van der Waals surface area contributed by atoms with Crippen molar-refractivity contribution in [2.45, 2.75) is 64.2 Å². The molecule has 2 fully saturated rings. The van der Waals surface area contributed by atoms with Gasteiger partial charge in [0, 0.05) is 17.7 Å². The third kappa shape index (κ3) is 3.11. The van der Waals surface area contributed by atoms with Crippen LogP contribution in [0.2, 0.25) is 0 Å². The molecule has 0 amide bonds. The molecule has 2 saturated carbocycles. The Morgan fingerprint density at radius 2 is 1.95 bits per heavy atom. The number of nitrogens with zero attached hydrogens (tertiary/aromatic N) is 3. The van der Waals surface area contributed by atoms with Crippen molar-refractivity contribution in [3.8, 4) is 0 Å². The lowest BCUT2D eigenvalue weighted by Crippen LogP contribution is -2.26. The van der Waals surface area contributed by atoms with Crippen molar-refractivity contribution in [2.75, 3.05) is 0 Å². The highest BCUT2D eigenvalue weighted by Crippen LogP contribution is 2.62. The van der Waals surface area contributed by atoms with E-state index in [0.29, 0.717) is 23.8 Å².